The lowest BCUT2D eigenvalue weighted by molar-refractivity contribution is 0.0971. The molecule has 0 bridgehead atoms. The van der Waals surface area contributed by atoms with Gasteiger partial charge in [-0.05, 0) is 69.3 Å². The predicted molar refractivity (Wildman–Crippen MR) is 111 cm³/mol. The number of likely N-dealkylation sites (tertiary alicyclic amines) is 1. The lowest BCUT2D eigenvalue weighted by Crippen LogP contribution is -2.36. The van der Waals surface area contributed by atoms with Gasteiger partial charge in [-0.2, -0.15) is 0 Å². The average molecular weight is 380 g/mol. The molecule has 0 spiro atoms. The zero-order valence-electron chi connectivity index (χ0n) is 16.8. The number of nitrogens with one attached hydrogen (secondary N) is 2. The van der Waals surface area contributed by atoms with Gasteiger partial charge in [-0.15, -0.1) is 0 Å². The van der Waals surface area contributed by atoms with Crippen LogP contribution in [0.25, 0.3) is 0 Å². The van der Waals surface area contributed by atoms with Crippen LogP contribution < -0.4 is 5.32 Å². The highest BCUT2D eigenvalue weighted by atomic mass is 16.2. The van der Waals surface area contributed by atoms with Gasteiger partial charge in [0.2, 0.25) is 0 Å². The van der Waals surface area contributed by atoms with E-state index < -0.39 is 0 Å². The van der Waals surface area contributed by atoms with Crippen molar-refractivity contribution in [2.75, 3.05) is 11.9 Å². The Labute approximate surface area is 166 Å². The van der Waals surface area contributed by atoms with Gasteiger partial charge in [-0.25, -0.2) is 0 Å². The summed E-state index contributed by atoms with van der Waals surface area (Å²) in [6.07, 6.45) is 6.14. The van der Waals surface area contributed by atoms with Crippen LogP contribution in [0.1, 0.15) is 76.7 Å². The molecule has 4 rings (SSSR count). The van der Waals surface area contributed by atoms with Gasteiger partial charge < -0.3 is 10.3 Å². The molecule has 2 N–H and O–H groups in total. The van der Waals surface area contributed by atoms with Crippen LogP contribution in [0.3, 0.4) is 0 Å². The Morgan fingerprint density at radius 1 is 1.18 bits per heavy atom. The summed E-state index contributed by atoms with van der Waals surface area (Å²) in [6, 6.07) is 8.74. The molecule has 2 aromatic rings. The van der Waals surface area contributed by atoms with Gasteiger partial charge >= 0.3 is 0 Å². The molecule has 1 unspecified atom stereocenters. The standard InChI is InChI=1S/C23H29N3O2/c1-15-6-3-4-13-26(15)14-17-9-11-18(12-10-17)24-23(28)22-16(2)21-19(25-22)7-5-8-20(21)27/h9-12,15,25H,3-8,13-14H2,1-2H3,(H,24,28). The number of aromatic nitrogens is 1. The average Bonchev–Trinajstić information content (AvgIpc) is 3.03. The van der Waals surface area contributed by atoms with E-state index in [0.29, 0.717) is 18.2 Å². The monoisotopic (exact) mass is 379 g/mol. The fourth-order valence-electron chi connectivity index (χ4n) is 4.52. The largest absolute Gasteiger partial charge is 0.354 e. The number of H-pyrrole nitrogens is 1. The molecule has 0 saturated carbocycles. The van der Waals surface area contributed by atoms with Crippen molar-refractivity contribution in [2.24, 2.45) is 0 Å². The highest BCUT2D eigenvalue weighted by Gasteiger charge is 2.26. The van der Waals surface area contributed by atoms with E-state index >= 15 is 0 Å². The fraction of sp³-hybridized carbons (Fsp3) is 0.478. The topological polar surface area (TPSA) is 65.2 Å². The third-order valence-electron chi connectivity index (χ3n) is 6.20. The van der Waals surface area contributed by atoms with Crippen molar-refractivity contribution >= 4 is 17.4 Å². The first kappa shape index (κ1) is 18.9. The quantitative estimate of drug-likeness (QED) is 0.824. The molecule has 5 heteroatoms. The zero-order chi connectivity index (χ0) is 19.7. The normalized spacial score (nSPS) is 20.1. The van der Waals surface area contributed by atoms with Crippen LogP contribution in [-0.2, 0) is 13.0 Å². The molecule has 5 nitrogen and oxygen atoms in total. The van der Waals surface area contributed by atoms with E-state index in [4.69, 9.17) is 0 Å². The SMILES string of the molecule is Cc1c(C(=O)Nc2ccc(CN3CCCCC3C)cc2)[nH]c2c1C(=O)CCC2. The number of aryl methyl sites for hydroxylation is 1. The maximum atomic E-state index is 12.7. The number of fused-ring (bicyclic) bond motifs is 1. The Morgan fingerprint density at radius 2 is 1.96 bits per heavy atom. The van der Waals surface area contributed by atoms with Gasteiger partial charge in [0.1, 0.15) is 5.69 Å². The van der Waals surface area contributed by atoms with E-state index in [1.807, 2.05) is 19.1 Å². The first-order chi connectivity index (χ1) is 13.5. The molecule has 1 amide bonds. The van der Waals surface area contributed by atoms with Crippen molar-refractivity contribution in [1.82, 2.24) is 9.88 Å². The minimum atomic E-state index is -0.183. The van der Waals surface area contributed by atoms with Crippen LogP contribution in [0.2, 0.25) is 0 Å². The molecule has 2 heterocycles. The molecular formula is C23H29N3O2. The molecule has 28 heavy (non-hydrogen) atoms. The van der Waals surface area contributed by atoms with Crippen molar-refractivity contribution < 1.29 is 9.59 Å². The fourth-order valence-corrected chi connectivity index (χ4v) is 4.52. The van der Waals surface area contributed by atoms with Crippen LogP contribution in [0.4, 0.5) is 5.69 Å². The highest BCUT2D eigenvalue weighted by Crippen LogP contribution is 2.27. The number of ketones is 1. The summed E-state index contributed by atoms with van der Waals surface area (Å²) in [5.41, 5.74) is 4.95. The van der Waals surface area contributed by atoms with Crippen LogP contribution in [-0.4, -0.2) is 34.2 Å². The second kappa shape index (κ2) is 7.92. The number of benzene rings is 1. The van der Waals surface area contributed by atoms with Gasteiger partial charge in [0, 0.05) is 36.0 Å². The number of nitrogens with zero attached hydrogens (tertiary/aromatic N) is 1. The summed E-state index contributed by atoms with van der Waals surface area (Å²) in [7, 11) is 0. The smallest absolute Gasteiger partial charge is 0.272 e. The second-order valence-corrected chi connectivity index (χ2v) is 8.22. The van der Waals surface area contributed by atoms with Crippen molar-refractivity contribution in [1.29, 1.82) is 0 Å². The van der Waals surface area contributed by atoms with Gasteiger partial charge in [-0.3, -0.25) is 14.5 Å². The van der Waals surface area contributed by atoms with Crippen molar-refractivity contribution in [3.8, 4) is 0 Å². The van der Waals surface area contributed by atoms with E-state index in [1.165, 1.54) is 24.8 Å². The van der Waals surface area contributed by atoms with E-state index in [1.54, 1.807) is 0 Å². The zero-order valence-corrected chi connectivity index (χ0v) is 16.8. The summed E-state index contributed by atoms with van der Waals surface area (Å²) < 4.78 is 0. The molecule has 1 aromatic carbocycles. The Balaban J connectivity index is 1.43. The van der Waals surface area contributed by atoms with Gasteiger partial charge in [0.25, 0.3) is 5.91 Å². The number of amides is 1. The predicted octanol–water partition coefficient (Wildman–Crippen LogP) is 4.47. The Kier molecular flexibility index (Phi) is 5.36. The molecule has 1 saturated heterocycles. The van der Waals surface area contributed by atoms with E-state index in [-0.39, 0.29) is 11.7 Å². The number of hydrogen-bond acceptors (Lipinski definition) is 3. The van der Waals surface area contributed by atoms with E-state index in [0.717, 1.165) is 48.4 Å². The summed E-state index contributed by atoms with van der Waals surface area (Å²) in [5.74, 6) is -0.0394. The molecule has 1 aromatic heterocycles. The molecule has 0 radical (unpaired) electrons. The number of hydrogen-bond donors (Lipinski definition) is 2. The molecule has 1 aliphatic heterocycles. The lowest BCUT2D eigenvalue weighted by Gasteiger charge is -2.33. The number of piperidine rings is 1. The lowest BCUT2D eigenvalue weighted by atomic mass is 9.94. The Bertz CT molecular complexity index is 882. The van der Waals surface area contributed by atoms with Gasteiger partial charge in [0.05, 0.1) is 0 Å². The number of rotatable bonds is 4. The molecule has 1 atom stereocenters. The number of aromatic amines is 1. The van der Waals surface area contributed by atoms with Crippen molar-refractivity contribution in [2.45, 2.75) is 65.0 Å². The number of anilines is 1. The summed E-state index contributed by atoms with van der Waals surface area (Å²) in [4.78, 5) is 30.6. The molecule has 2 aliphatic rings. The molecule has 1 fully saturated rings. The van der Waals surface area contributed by atoms with E-state index in [9.17, 15) is 9.59 Å². The van der Waals surface area contributed by atoms with Crippen molar-refractivity contribution in [3.63, 3.8) is 0 Å². The minimum absolute atomic E-state index is 0.144. The third-order valence-corrected chi connectivity index (χ3v) is 6.20. The maximum absolute atomic E-state index is 12.7. The number of Topliss-reactive ketones (excluding diaryl/α,β-unsaturated/α-hetero) is 1. The van der Waals surface area contributed by atoms with Crippen LogP contribution >= 0.6 is 0 Å². The summed E-state index contributed by atoms with van der Waals surface area (Å²) >= 11 is 0. The Morgan fingerprint density at radius 3 is 2.68 bits per heavy atom. The number of carbonyl (C=O) groups excluding carboxylic acids is 2. The van der Waals surface area contributed by atoms with Crippen molar-refractivity contribution in [3.05, 3.63) is 52.3 Å². The Hall–Kier alpha value is -2.40. The first-order valence-electron chi connectivity index (χ1n) is 10.4. The molecule has 148 valence electrons. The summed E-state index contributed by atoms with van der Waals surface area (Å²) in [5, 5.41) is 2.97. The van der Waals surface area contributed by atoms with Crippen LogP contribution in [0.15, 0.2) is 24.3 Å². The molecular weight excluding hydrogens is 350 g/mol. The van der Waals surface area contributed by atoms with Crippen LogP contribution in [0, 0.1) is 6.92 Å². The van der Waals surface area contributed by atoms with E-state index in [2.05, 4.69) is 34.3 Å². The maximum Gasteiger partial charge on any atom is 0.272 e. The first-order valence-corrected chi connectivity index (χ1v) is 10.4. The highest BCUT2D eigenvalue weighted by molar-refractivity contribution is 6.08. The summed E-state index contributed by atoms with van der Waals surface area (Å²) in [6.45, 7) is 6.28. The van der Waals surface area contributed by atoms with Gasteiger partial charge in [0.15, 0.2) is 5.78 Å². The van der Waals surface area contributed by atoms with Crippen LogP contribution in [0.5, 0.6) is 0 Å². The molecule has 1 aliphatic carbocycles. The second-order valence-electron chi connectivity index (χ2n) is 8.22. The third kappa shape index (κ3) is 3.76. The number of carbonyl (C=O) groups is 2. The van der Waals surface area contributed by atoms with Gasteiger partial charge in [-0.1, -0.05) is 18.6 Å². The minimum Gasteiger partial charge on any atom is -0.354 e.